The lowest BCUT2D eigenvalue weighted by Gasteiger charge is -2.34. The van der Waals surface area contributed by atoms with Crippen molar-refractivity contribution in [1.82, 2.24) is 4.90 Å². The third kappa shape index (κ3) is 4.15. The van der Waals surface area contributed by atoms with Crippen LogP contribution in [-0.2, 0) is 22.3 Å². The maximum Gasteiger partial charge on any atom is 0.525 e. The fraction of sp³-hybridized carbons (Fsp3) is 0.389. The second-order valence-electron chi connectivity index (χ2n) is 6.92. The molecule has 144 valence electrons. The third-order valence-electron chi connectivity index (χ3n) is 4.90. The number of ketones is 1. The Balaban J connectivity index is 1.62. The van der Waals surface area contributed by atoms with Gasteiger partial charge in [0.25, 0.3) is 0 Å². The lowest BCUT2D eigenvalue weighted by atomic mass is 9.95. The molecule has 1 aromatic carbocycles. The number of rotatable bonds is 6. The van der Waals surface area contributed by atoms with Gasteiger partial charge in [-0.3, -0.25) is 19.5 Å². The number of nitrogens with zero attached hydrogens (tertiary/aromatic N) is 1. The van der Waals surface area contributed by atoms with E-state index in [1.165, 1.54) is 17.4 Å². The summed E-state index contributed by atoms with van der Waals surface area (Å²) in [6.45, 7) is 0.980. The Morgan fingerprint density at radius 1 is 1.33 bits per heavy atom. The van der Waals surface area contributed by atoms with Crippen molar-refractivity contribution < 1.29 is 28.1 Å². The van der Waals surface area contributed by atoms with E-state index < -0.39 is 19.7 Å². The van der Waals surface area contributed by atoms with Gasteiger partial charge < -0.3 is 4.52 Å². The van der Waals surface area contributed by atoms with E-state index in [4.69, 9.17) is 9.79 Å². The van der Waals surface area contributed by atoms with Crippen LogP contribution in [0.2, 0.25) is 0 Å². The van der Waals surface area contributed by atoms with E-state index in [1.54, 1.807) is 24.3 Å². The second kappa shape index (κ2) is 7.11. The van der Waals surface area contributed by atoms with Gasteiger partial charge in [0.2, 0.25) is 0 Å². The Morgan fingerprint density at radius 3 is 2.74 bits per heavy atom. The summed E-state index contributed by atoms with van der Waals surface area (Å²) in [6.07, 6.45) is 2.32. The van der Waals surface area contributed by atoms with Crippen LogP contribution in [0.1, 0.15) is 34.9 Å². The van der Waals surface area contributed by atoms with Gasteiger partial charge in [-0.25, -0.2) is 8.96 Å². The quantitative estimate of drug-likeness (QED) is 0.709. The molecule has 2 heterocycles. The number of hydrogen-bond donors (Lipinski definition) is 2. The van der Waals surface area contributed by atoms with Gasteiger partial charge in [0, 0.05) is 29.4 Å². The lowest BCUT2D eigenvalue weighted by molar-refractivity contribution is -0.126. The third-order valence-corrected chi connectivity index (χ3v) is 6.57. The smallest absolute Gasteiger partial charge is 0.394 e. The number of phosphoric ester groups is 1. The van der Waals surface area contributed by atoms with E-state index in [0.29, 0.717) is 25.1 Å². The summed E-state index contributed by atoms with van der Waals surface area (Å²) in [4.78, 5) is 33.8. The minimum atomic E-state index is -4.61. The van der Waals surface area contributed by atoms with E-state index in [1.807, 2.05) is 4.90 Å². The number of halogens is 1. The van der Waals surface area contributed by atoms with Crippen LogP contribution in [0, 0.1) is 11.7 Å². The van der Waals surface area contributed by atoms with Gasteiger partial charge in [-0.15, -0.1) is 11.3 Å². The summed E-state index contributed by atoms with van der Waals surface area (Å²) in [6, 6.07) is 7.33. The van der Waals surface area contributed by atoms with Gasteiger partial charge in [-0.05, 0) is 37.0 Å². The van der Waals surface area contributed by atoms with Crippen LogP contribution in [0.4, 0.5) is 4.39 Å². The summed E-state index contributed by atoms with van der Waals surface area (Å²) >= 11 is 1.20. The molecule has 2 aromatic rings. The lowest BCUT2D eigenvalue weighted by Crippen LogP contribution is -2.38. The first-order valence-electron chi connectivity index (χ1n) is 8.71. The molecule has 0 spiro atoms. The molecule has 0 saturated heterocycles. The Morgan fingerprint density at radius 2 is 2.07 bits per heavy atom. The molecule has 1 atom stereocenters. The minimum Gasteiger partial charge on any atom is -0.394 e. The van der Waals surface area contributed by atoms with Crippen LogP contribution in [-0.4, -0.2) is 27.0 Å². The molecule has 1 aliphatic carbocycles. The van der Waals surface area contributed by atoms with Crippen molar-refractivity contribution in [1.29, 1.82) is 0 Å². The number of fused-ring (bicyclic) bond motifs is 1. The van der Waals surface area contributed by atoms with Crippen LogP contribution in [0.5, 0.6) is 5.06 Å². The maximum absolute atomic E-state index is 14.4. The van der Waals surface area contributed by atoms with Crippen LogP contribution >= 0.6 is 19.2 Å². The number of benzene rings is 1. The molecular formula is C18H19FNO5PS. The van der Waals surface area contributed by atoms with Crippen molar-refractivity contribution in [3.63, 3.8) is 0 Å². The first-order chi connectivity index (χ1) is 12.8. The second-order valence-corrected chi connectivity index (χ2v) is 9.18. The summed E-state index contributed by atoms with van der Waals surface area (Å²) in [5.41, 5.74) is 1.25. The average Bonchev–Trinajstić information content (AvgIpc) is 3.36. The first-order valence-corrected chi connectivity index (χ1v) is 11.1. The molecule has 1 saturated carbocycles. The minimum absolute atomic E-state index is 0.00738. The molecule has 4 rings (SSSR count). The SMILES string of the molecule is O=C(C1CC1)C(c1ccccc1F)N1CCc2sc(OP(=O)(O)O)cc2C1. The van der Waals surface area contributed by atoms with Crippen LogP contribution in [0.3, 0.4) is 0 Å². The van der Waals surface area contributed by atoms with Crippen LogP contribution in [0.25, 0.3) is 0 Å². The largest absolute Gasteiger partial charge is 0.525 e. The fourth-order valence-electron chi connectivity index (χ4n) is 3.53. The van der Waals surface area contributed by atoms with Gasteiger partial charge in [0.1, 0.15) is 5.82 Å². The highest BCUT2D eigenvalue weighted by Gasteiger charge is 2.40. The highest BCUT2D eigenvalue weighted by molar-refractivity contribution is 7.47. The van der Waals surface area contributed by atoms with Gasteiger partial charge in [-0.1, -0.05) is 18.2 Å². The summed E-state index contributed by atoms with van der Waals surface area (Å²) < 4.78 is 30.2. The summed E-state index contributed by atoms with van der Waals surface area (Å²) in [5, 5.41) is 0.158. The van der Waals surface area contributed by atoms with E-state index in [-0.39, 0.29) is 16.8 Å². The standard InChI is InChI=1S/C18H19FNO5PS/c19-14-4-2-1-3-13(14)17(18(21)11-5-6-11)20-8-7-15-12(10-20)9-16(27-15)25-26(22,23)24/h1-4,9,11,17H,5-8,10H2,(H2,22,23,24). The molecule has 6 nitrogen and oxygen atoms in total. The molecule has 27 heavy (non-hydrogen) atoms. The van der Waals surface area contributed by atoms with Gasteiger partial charge in [-0.2, -0.15) is 0 Å². The number of carbonyl (C=O) groups is 1. The molecule has 2 N–H and O–H groups in total. The zero-order chi connectivity index (χ0) is 19.2. The van der Waals surface area contributed by atoms with E-state index in [0.717, 1.165) is 23.3 Å². The van der Waals surface area contributed by atoms with Crippen molar-refractivity contribution in [2.75, 3.05) is 6.54 Å². The van der Waals surface area contributed by atoms with Crippen molar-refractivity contribution in [3.8, 4) is 5.06 Å². The molecule has 1 aromatic heterocycles. The predicted octanol–water partition coefficient (Wildman–Crippen LogP) is 3.44. The normalized spacial score (nSPS) is 18.8. The summed E-state index contributed by atoms with van der Waals surface area (Å²) in [5.74, 6) is -0.351. The summed E-state index contributed by atoms with van der Waals surface area (Å²) in [7, 11) is -4.61. The highest BCUT2D eigenvalue weighted by atomic mass is 32.1. The molecule has 0 amide bonds. The zero-order valence-electron chi connectivity index (χ0n) is 14.4. The predicted molar refractivity (Wildman–Crippen MR) is 98.0 cm³/mol. The number of carbonyl (C=O) groups excluding carboxylic acids is 1. The van der Waals surface area contributed by atoms with E-state index >= 15 is 0 Å². The highest BCUT2D eigenvalue weighted by Crippen LogP contribution is 2.45. The van der Waals surface area contributed by atoms with Crippen LogP contribution < -0.4 is 4.52 Å². The van der Waals surface area contributed by atoms with Crippen molar-refractivity contribution >= 4 is 24.9 Å². The topological polar surface area (TPSA) is 87.1 Å². The molecule has 1 fully saturated rings. The number of thiophene rings is 1. The van der Waals surface area contributed by atoms with Crippen molar-refractivity contribution in [3.05, 3.63) is 52.2 Å². The zero-order valence-corrected chi connectivity index (χ0v) is 16.1. The molecular weight excluding hydrogens is 392 g/mol. The Bertz CT molecular complexity index is 922. The monoisotopic (exact) mass is 411 g/mol. The van der Waals surface area contributed by atoms with Crippen molar-refractivity contribution in [2.24, 2.45) is 5.92 Å². The molecule has 9 heteroatoms. The Kier molecular flexibility index (Phi) is 4.94. The number of hydrogen-bond acceptors (Lipinski definition) is 5. The van der Waals surface area contributed by atoms with Crippen molar-refractivity contribution in [2.45, 2.75) is 31.8 Å². The number of phosphoric acid groups is 1. The molecule has 1 unspecified atom stereocenters. The Hall–Kier alpha value is -1.57. The van der Waals surface area contributed by atoms with E-state index in [2.05, 4.69) is 4.52 Å². The molecule has 1 aliphatic heterocycles. The molecule has 0 bridgehead atoms. The van der Waals surface area contributed by atoms with Gasteiger partial charge >= 0.3 is 7.82 Å². The number of Topliss-reactive ketones (excluding diaryl/α,β-unsaturated/α-hetero) is 1. The fourth-order valence-corrected chi connectivity index (χ4v) is 5.15. The van der Waals surface area contributed by atoms with Gasteiger partial charge in [0.05, 0.1) is 6.04 Å². The molecule has 2 aliphatic rings. The average molecular weight is 411 g/mol. The first kappa shape index (κ1) is 18.8. The van der Waals surface area contributed by atoms with E-state index in [9.17, 15) is 13.8 Å². The Labute approximate surface area is 159 Å². The maximum atomic E-state index is 14.4. The van der Waals surface area contributed by atoms with Gasteiger partial charge in [0.15, 0.2) is 10.8 Å². The molecule has 0 radical (unpaired) electrons. The van der Waals surface area contributed by atoms with Crippen LogP contribution in [0.15, 0.2) is 30.3 Å².